The lowest BCUT2D eigenvalue weighted by atomic mass is 9.77. The molecule has 0 aromatic carbocycles. The largest absolute Gasteiger partial charge is 0.381 e. The molecule has 0 aromatic heterocycles. The van der Waals surface area contributed by atoms with Crippen molar-refractivity contribution in [3.8, 4) is 0 Å². The van der Waals surface area contributed by atoms with Crippen molar-refractivity contribution in [3.05, 3.63) is 0 Å². The molecule has 0 N–H and O–H groups in total. The van der Waals surface area contributed by atoms with Gasteiger partial charge in [-0.3, -0.25) is 4.79 Å². The van der Waals surface area contributed by atoms with Gasteiger partial charge in [0.15, 0.2) is 0 Å². The second-order valence-corrected chi connectivity index (χ2v) is 7.42. The summed E-state index contributed by atoms with van der Waals surface area (Å²) in [6, 6.07) is 0. The van der Waals surface area contributed by atoms with Crippen LogP contribution < -0.4 is 0 Å². The Morgan fingerprint density at radius 3 is 2.50 bits per heavy atom. The molecule has 0 saturated carbocycles. The second-order valence-electron chi connectivity index (χ2n) is 7.42. The van der Waals surface area contributed by atoms with Crippen LogP contribution in [0.15, 0.2) is 0 Å². The third-order valence-corrected chi connectivity index (χ3v) is 4.26. The van der Waals surface area contributed by atoms with E-state index in [-0.39, 0.29) is 17.6 Å². The molecule has 1 aliphatic heterocycles. The zero-order chi connectivity index (χ0) is 15.6. The molecule has 118 valence electrons. The zero-order valence-corrected chi connectivity index (χ0v) is 14.2. The van der Waals surface area contributed by atoms with Gasteiger partial charge in [0, 0.05) is 33.2 Å². The number of nitrogens with zero attached hydrogens (tertiary/aromatic N) is 1. The first-order valence-corrected chi connectivity index (χ1v) is 7.47. The summed E-state index contributed by atoms with van der Waals surface area (Å²) >= 11 is 0. The molecule has 1 rings (SSSR count). The third kappa shape index (κ3) is 4.45. The first-order chi connectivity index (χ1) is 9.09. The maximum Gasteiger partial charge on any atom is 0.227 e. The van der Waals surface area contributed by atoms with Crippen molar-refractivity contribution in [1.82, 2.24) is 4.90 Å². The third-order valence-electron chi connectivity index (χ3n) is 4.26. The number of hydrogen-bond donors (Lipinski definition) is 0. The van der Waals surface area contributed by atoms with Crippen molar-refractivity contribution in [2.45, 2.75) is 58.7 Å². The number of amides is 1. The van der Waals surface area contributed by atoms with Gasteiger partial charge in [-0.1, -0.05) is 13.8 Å². The summed E-state index contributed by atoms with van der Waals surface area (Å²) in [5, 5.41) is 0. The normalized spacial score (nSPS) is 24.2. The Bertz CT molecular complexity index is 337. The van der Waals surface area contributed by atoms with Gasteiger partial charge in [-0.2, -0.15) is 0 Å². The molecule has 20 heavy (non-hydrogen) atoms. The first-order valence-electron chi connectivity index (χ1n) is 7.47. The molecular weight excluding hydrogens is 254 g/mol. The van der Waals surface area contributed by atoms with E-state index in [2.05, 4.69) is 13.8 Å². The van der Waals surface area contributed by atoms with Crippen molar-refractivity contribution in [3.63, 3.8) is 0 Å². The van der Waals surface area contributed by atoms with E-state index >= 15 is 0 Å². The van der Waals surface area contributed by atoms with Crippen LogP contribution in [0.3, 0.4) is 0 Å². The molecule has 0 bridgehead atoms. The Labute approximate surface area is 123 Å². The van der Waals surface area contributed by atoms with Crippen LogP contribution in [-0.2, 0) is 14.3 Å². The second kappa shape index (κ2) is 6.44. The number of hydrogen-bond acceptors (Lipinski definition) is 3. The first kappa shape index (κ1) is 17.4. The van der Waals surface area contributed by atoms with Gasteiger partial charge in [-0.05, 0) is 39.0 Å². The lowest BCUT2D eigenvalue weighted by Crippen LogP contribution is -2.44. The van der Waals surface area contributed by atoms with Crippen LogP contribution in [0.5, 0.6) is 0 Å². The van der Waals surface area contributed by atoms with Crippen molar-refractivity contribution in [2.24, 2.45) is 11.3 Å². The van der Waals surface area contributed by atoms with Crippen LogP contribution >= 0.6 is 0 Å². The van der Waals surface area contributed by atoms with Gasteiger partial charge in [0.05, 0.1) is 11.7 Å². The smallest absolute Gasteiger partial charge is 0.227 e. The van der Waals surface area contributed by atoms with E-state index in [1.807, 2.05) is 27.9 Å². The molecule has 0 aliphatic carbocycles. The standard InChI is InChI=1S/C16H31NO3/c1-15(2,14(18)17(5)6)11-13(19-7)12-8-9-20-16(3,4)10-12/h12-13H,8-11H2,1-7H3. The fourth-order valence-electron chi connectivity index (χ4n) is 3.23. The highest BCUT2D eigenvalue weighted by molar-refractivity contribution is 5.81. The number of rotatable bonds is 5. The SMILES string of the molecule is COC(CC(C)(C)C(=O)N(C)C)C1CCOC(C)(C)C1. The predicted molar refractivity (Wildman–Crippen MR) is 80.6 cm³/mol. The average Bonchev–Trinajstić information content (AvgIpc) is 2.33. The molecule has 1 fully saturated rings. The summed E-state index contributed by atoms with van der Waals surface area (Å²) in [5.74, 6) is 0.615. The minimum Gasteiger partial charge on any atom is -0.381 e. The molecule has 2 unspecified atom stereocenters. The molecular formula is C16H31NO3. The highest BCUT2D eigenvalue weighted by Gasteiger charge is 2.39. The summed E-state index contributed by atoms with van der Waals surface area (Å²) in [6.45, 7) is 9.04. The summed E-state index contributed by atoms with van der Waals surface area (Å²) in [7, 11) is 5.37. The van der Waals surface area contributed by atoms with Crippen LogP contribution in [0, 0.1) is 11.3 Å². The van der Waals surface area contributed by atoms with E-state index in [1.165, 1.54) is 0 Å². The molecule has 0 aromatic rings. The number of methoxy groups -OCH3 is 1. The van der Waals surface area contributed by atoms with Crippen molar-refractivity contribution in [2.75, 3.05) is 27.8 Å². The molecule has 1 aliphatic rings. The van der Waals surface area contributed by atoms with Crippen LogP contribution in [0.2, 0.25) is 0 Å². The molecule has 4 nitrogen and oxygen atoms in total. The summed E-state index contributed by atoms with van der Waals surface area (Å²) in [5.41, 5.74) is -0.484. The average molecular weight is 285 g/mol. The van der Waals surface area contributed by atoms with Crippen LogP contribution in [0.1, 0.15) is 47.0 Å². The van der Waals surface area contributed by atoms with Crippen molar-refractivity contribution < 1.29 is 14.3 Å². The topological polar surface area (TPSA) is 38.8 Å². The van der Waals surface area contributed by atoms with Crippen LogP contribution in [-0.4, -0.2) is 50.3 Å². The summed E-state index contributed by atoms with van der Waals surface area (Å²) in [4.78, 5) is 13.9. The zero-order valence-electron chi connectivity index (χ0n) is 14.2. The molecule has 1 saturated heterocycles. The summed E-state index contributed by atoms with van der Waals surface area (Å²) < 4.78 is 11.5. The Morgan fingerprint density at radius 1 is 1.45 bits per heavy atom. The van der Waals surface area contributed by atoms with Gasteiger partial charge in [0.25, 0.3) is 0 Å². The Morgan fingerprint density at radius 2 is 2.05 bits per heavy atom. The number of ether oxygens (including phenoxy) is 2. The predicted octanol–water partition coefficient (Wildman–Crippen LogP) is 2.71. The van der Waals surface area contributed by atoms with E-state index in [1.54, 1.807) is 12.0 Å². The Kier molecular flexibility index (Phi) is 5.61. The lowest BCUT2D eigenvalue weighted by Gasteiger charge is -2.41. The quantitative estimate of drug-likeness (QED) is 0.779. The molecule has 1 amide bonds. The fraction of sp³-hybridized carbons (Fsp3) is 0.938. The Balaban J connectivity index is 2.74. The number of carbonyl (C=O) groups is 1. The van der Waals surface area contributed by atoms with Crippen LogP contribution in [0.25, 0.3) is 0 Å². The Hall–Kier alpha value is -0.610. The fourth-order valence-corrected chi connectivity index (χ4v) is 3.23. The summed E-state index contributed by atoms with van der Waals surface area (Å²) in [6.07, 6.45) is 2.85. The molecule has 1 heterocycles. The van der Waals surface area contributed by atoms with Gasteiger partial charge < -0.3 is 14.4 Å². The highest BCUT2D eigenvalue weighted by atomic mass is 16.5. The molecule has 4 heteroatoms. The van der Waals surface area contributed by atoms with Crippen molar-refractivity contribution in [1.29, 1.82) is 0 Å². The molecule has 0 radical (unpaired) electrons. The monoisotopic (exact) mass is 285 g/mol. The molecule has 0 spiro atoms. The number of carbonyl (C=O) groups excluding carboxylic acids is 1. The minimum atomic E-state index is -0.396. The van der Waals surface area contributed by atoms with E-state index < -0.39 is 5.41 Å². The highest BCUT2D eigenvalue weighted by Crippen LogP contribution is 2.36. The van der Waals surface area contributed by atoms with E-state index in [0.29, 0.717) is 5.92 Å². The van der Waals surface area contributed by atoms with Gasteiger partial charge in [-0.15, -0.1) is 0 Å². The lowest BCUT2D eigenvalue weighted by molar-refractivity contribution is -0.142. The van der Waals surface area contributed by atoms with Gasteiger partial charge in [-0.25, -0.2) is 0 Å². The van der Waals surface area contributed by atoms with Gasteiger partial charge >= 0.3 is 0 Å². The van der Waals surface area contributed by atoms with E-state index in [9.17, 15) is 4.79 Å². The van der Waals surface area contributed by atoms with Crippen molar-refractivity contribution >= 4 is 5.91 Å². The minimum absolute atomic E-state index is 0.0879. The van der Waals surface area contributed by atoms with Gasteiger partial charge in [0.1, 0.15) is 0 Å². The van der Waals surface area contributed by atoms with Gasteiger partial charge in [0.2, 0.25) is 5.91 Å². The van der Waals surface area contributed by atoms with Crippen LogP contribution in [0.4, 0.5) is 0 Å². The maximum atomic E-state index is 12.3. The molecule has 2 atom stereocenters. The maximum absolute atomic E-state index is 12.3. The van der Waals surface area contributed by atoms with E-state index in [0.717, 1.165) is 25.9 Å². The van der Waals surface area contributed by atoms with E-state index in [4.69, 9.17) is 9.47 Å².